The number of hydrogen-bond acceptors (Lipinski definition) is 4. The zero-order valence-corrected chi connectivity index (χ0v) is 14.3. The summed E-state index contributed by atoms with van der Waals surface area (Å²) in [5, 5.41) is 2.71. The van der Waals surface area contributed by atoms with Crippen molar-refractivity contribution in [3.8, 4) is 0 Å². The number of rotatable bonds is 7. The number of ether oxygens (including phenoxy) is 1. The summed E-state index contributed by atoms with van der Waals surface area (Å²) >= 11 is 0.261. The van der Waals surface area contributed by atoms with Crippen LogP contribution in [-0.2, 0) is 9.53 Å². The van der Waals surface area contributed by atoms with Crippen LogP contribution in [0, 0.1) is 0 Å². The van der Waals surface area contributed by atoms with Crippen molar-refractivity contribution in [2.24, 2.45) is 0 Å². The molecule has 2 aromatic rings. The first-order valence-corrected chi connectivity index (χ1v) is 8.40. The molecular formula is C18H17F2NO3S. The van der Waals surface area contributed by atoms with E-state index in [1.54, 1.807) is 12.1 Å². The van der Waals surface area contributed by atoms with Gasteiger partial charge in [0.05, 0.1) is 11.6 Å². The molecule has 2 rings (SSSR count). The Morgan fingerprint density at radius 1 is 1.08 bits per heavy atom. The molecule has 0 fully saturated rings. The van der Waals surface area contributed by atoms with E-state index < -0.39 is 24.2 Å². The van der Waals surface area contributed by atoms with Crippen LogP contribution in [-0.4, -0.2) is 24.2 Å². The molecule has 0 heterocycles. The van der Waals surface area contributed by atoms with Gasteiger partial charge in [-0.15, -0.1) is 0 Å². The van der Waals surface area contributed by atoms with E-state index in [-0.39, 0.29) is 28.3 Å². The fourth-order valence-electron chi connectivity index (χ4n) is 2.15. The lowest BCUT2D eigenvalue weighted by molar-refractivity contribution is -0.124. The van der Waals surface area contributed by atoms with E-state index in [9.17, 15) is 18.4 Å². The highest BCUT2D eigenvalue weighted by Crippen LogP contribution is 2.28. The lowest BCUT2D eigenvalue weighted by atomic mass is 10.1. The predicted molar refractivity (Wildman–Crippen MR) is 91.6 cm³/mol. The van der Waals surface area contributed by atoms with Crippen LogP contribution >= 0.6 is 11.8 Å². The molecule has 7 heteroatoms. The highest BCUT2D eigenvalue weighted by atomic mass is 32.2. The number of carbonyl (C=O) groups excluding carboxylic acids is 2. The average molecular weight is 365 g/mol. The molecule has 0 aromatic heterocycles. The molecule has 1 unspecified atom stereocenters. The van der Waals surface area contributed by atoms with Crippen LogP contribution in [0.15, 0.2) is 59.5 Å². The van der Waals surface area contributed by atoms with E-state index in [2.05, 4.69) is 5.32 Å². The molecule has 0 bridgehead atoms. The molecule has 1 atom stereocenters. The Bertz CT molecular complexity index is 725. The zero-order chi connectivity index (χ0) is 18.2. The minimum absolute atomic E-state index is 0.0108. The van der Waals surface area contributed by atoms with Crippen LogP contribution in [0.5, 0.6) is 0 Å². The molecule has 0 aliphatic carbocycles. The van der Waals surface area contributed by atoms with Gasteiger partial charge in [-0.2, -0.15) is 8.78 Å². The summed E-state index contributed by atoms with van der Waals surface area (Å²) in [6, 6.07) is 15.0. The summed E-state index contributed by atoms with van der Waals surface area (Å²) in [5.41, 5.74) is 0.928. The minimum atomic E-state index is -2.65. The molecule has 4 nitrogen and oxygen atoms in total. The van der Waals surface area contributed by atoms with Crippen molar-refractivity contribution >= 4 is 23.6 Å². The molecule has 0 saturated heterocycles. The van der Waals surface area contributed by atoms with Crippen molar-refractivity contribution in [2.75, 3.05) is 6.61 Å². The number of halogens is 2. The van der Waals surface area contributed by atoms with Gasteiger partial charge >= 0.3 is 5.97 Å². The fraction of sp³-hybridized carbons (Fsp3) is 0.222. The number of nitrogens with one attached hydrogen (secondary N) is 1. The molecular weight excluding hydrogens is 348 g/mol. The Morgan fingerprint density at radius 3 is 2.40 bits per heavy atom. The lowest BCUT2D eigenvalue weighted by Crippen LogP contribution is -2.31. The second kappa shape index (κ2) is 9.17. The number of hydrogen-bond donors (Lipinski definition) is 1. The first-order chi connectivity index (χ1) is 12.0. The molecule has 132 valence electrons. The Labute approximate surface area is 148 Å². The van der Waals surface area contributed by atoms with E-state index in [4.69, 9.17) is 4.74 Å². The van der Waals surface area contributed by atoms with Gasteiger partial charge in [0, 0.05) is 4.90 Å². The number of alkyl halides is 2. The minimum Gasteiger partial charge on any atom is -0.452 e. The number of thioether (sulfide) groups is 1. The maximum absolute atomic E-state index is 12.5. The van der Waals surface area contributed by atoms with Crippen LogP contribution in [0.3, 0.4) is 0 Å². The molecule has 25 heavy (non-hydrogen) atoms. The van der Waals surface area contributed by atoms with Gasteiger partial charge in [-0.1, -0.05) is 54.2 Å². The Balaban J connectivity index is 1.90. The van der Waals surface area contributed by atoms with E-state index in [1.165, 1.54) is 12.1 Å². The molecule has 0 radical (unpaired) electrons. The van der Waals surface area contributed by atoms with Crippen molar-refractivity contribution < 1.29 is 23.1 Å². The highest BCUT2D eigenvalue weighted by molar-refractivity contribution is 7.99. The van der Waals surface area contributed by atoms with Gasteiger partial charge in [0.25, 0.3) is 11.7 Å². The maximum Gasteiger partial charge on any atom is 0.339 e. The Kier molecular flexibility index (Phi) is 6.94. The highest BCUT2D eigenvalue weighted by Gasteiger charge is 2.18. The molecule has 1 N–H and O–H groups in total. The maximum atomic E-state index is 12.5. The van der Waals surface area contributed by atoms with E-state index >= 15 is 0 Å². The summed E-state index contributed by atoms with van der Waals surface area (Å²) in [6.45, 7) is 1.33. The molecule has 2 aromatic carbocycles. The standard InChI is InChI=1S/C18H17F2NO3S/c1-12(13-7-3-2-4-8-13)21-16(22)11-24-17(23)14-9-5-6-10-15(14)25-18(19)20/h2-10,12,18H,11H2,1H3,(H,21,22). The van der Waals surface area contributed by atoms with E-state index in [0.29, 0.717) is 0 Å². The predicted octanol–water partition coefficient (Wildman–Crippen LogP) is 4.04. The van der Waals surface area contributed by atoms with Gasteiger partial charge in [-0.25, -0.2) is 4.79 Å². The van der Waals surface area contributed by atoms with Crippen molar-refractivity contribution in [1.82, 2.24) is 5.32 Å². The Hall–Kier alpha value is -2.41. The second-order valence-corrected chi connectivity index (χ2v) is 6.18. The smallest absolute Gasteiger partial charge is 0.339 e. The Morgan fingerprint density at radius 2 is 1.72 bits per heavy atom. The van der Waals surface area contributed by atoms with Crippen molar-refractivity contribution in [1.29, 1.82) is 0 Å². The number of benzene rings is 2. The summed E-state index contributed by atoms with van der Waals surface area (Å²) < 4.78 is 30.0. The van der Waals surface area contributed by atoms with Crippen LogP contribution in [0.1, 0.15) is 28.9 Å². The molecule has 0 aliphatic rings. The first-order valence-electron chi connectivity index (χ1n) is 7.52. The van der Waals surface area contributed by atoms with Gasteiger partial charge in [-0.05, 0) is 24.6 Å². The van der Waals surface area contributed by atoms with Gasteiger partial charge in [0.2, 0.25) is 0 Å². The van der Waals surface area contributed by atoms with Crippen molar-refractivity contribution in [3.05, 3.63) is 65.7 Å². The van der Waals surface area contributed by atoms with E-state index in [0.717, 1.165) is 5.56 Å². The quantitative estimate of drug-likeness (QED) is 0.594. The van der Waals surface area contributed by atoms with Crippen LogP contribution in [0.25, 0.3) is 0 Å². The topological polar surface area (TPSA) is 55.4 Å². The third-order valence-corrected chi connectivity index (χ3v) is 4.12. The van der Waals surface area contributed by atoms with E-state index in [1.807, 2.05) is 37.3 Å². The van der Waals surface area contributed by atoms with Gasteiger partial charge < -0.3 is 10.1 Å². The zero-order valence-electron chi connectivity index (χ0n) is 13.4. The largest absolute Gasteiger partial charge is 0.452 e. The third kappa shape index (κ3) is 5.86. The normalized spacial score (nSPS) is 11.8. The molecule has 0 saturated carbocycles. The number of amides is 1. The SMILES string of the molecule is CC(NC(=O)COC(=O)c1ccccc1SC(F)F)c1ccccc1. The van der Waals surface area contributed by atoms with Gasteiger partial charge in [-0.3, -0.25) is 4.79 Å². The van der Waals surface area contributed by atoms with Gasteiger partial charge in [0.1, 0.15) is 0 Å². The summed E-state index contributed by atoms with van der Waals surface area (Å²) in [5.74, 6) is -3.93. The number of carbonyl (C=O) groups is 2. The summed E-state index contributed by atoms with van der Waals surface area (Å²) in [7, 11) is 0. The van der Waals surface area contributed by atoms with Crippen LogP contribution in [0.2, 0.25) is 0 Å². The van der Waals surface area contributed by atoms with Gasteiger partial charge in [0.15, 0.2) is 6.61 Å². The van der Waals surface area contributed by atoms with Crippen molar-refractivity contribution in [2.45, 2.75) is 23.6 Å². The number of esters is 1. The fourth-order valence-corrected chi connectivity index (χ4v) is 2.78. The lowest BCUT2D eigenvalue weighted by Gasteiger charge is -2.14. The first kappa shape index (κ1) is 18.9. The average Bonchev–Trinajstić information content (AvgIpc) is 2.60. The molecule has 0 aliphatic heterocycles. The molecule has 1 amide bonds. The van der Waals surface area contributed by atoms with Crippen LogP contribution < -0.4 is 5.32 Å². The summed E-state index contributed by atoms with van der Waals surface area (Å²) in [4.78, 5) is 24.1. The summed E-state index contributed by atoms with van der Waals surface area (Å²) in [6.07, 6.45) is 0. The molecule has 0 spiro atoms. The monoisotopic (exact) mass is 365 g/mol. The second-order valence-electron chi connectivity index (χ2n) is 5.15. The van der Waals surface area contributed by atoms with Crippen LogP contribution in [0.4, 0.5) is 8.78 Å². The van der Waals surface area contributed by atoms with Crippen molar-refractivity contribution in [3.63, 3.8) is 0 Å². The third-order valence-electron chi connectivity index (χ3n) is 3.33.